The van der Waals surface area contributed by atoms with Crippen molar-refractivity contribution in [2.45, 2.75) is 12.4 Å². The number of nitrogens with zero attached hydrogens (tertiary/aromatic N) is 4. The van der Waals surface area contributed by atoms with E-state index in [-0.39, 0.29) is 0 Å². The van der Waals surface area contributed by atoms with E-state index in [9.17, 15) is 36.9 Å². The molecule has 4 nitrogen and oxygen atoms in total. The zero-order valence-corrected chi connectivity index (χ0v) is 26.6. The molecule has 0 radical (unpaired) electrons. The van der Waals surface area contributed by atoms with Crippen molar-refractivity contribution in [3.63, 3.8) is 0 Å². The van der Waals surface area contributed by atoms with Crippen molar-refractivity contribution >= 4 is 43.1 Å². The molecule has 0 spiro atoms. The van der Waals surface area contributed by atoms with Crippen LogP contribution in [-0.2, 0) is 12.4 Å². The highest BCUT2D eigenvalue weighted by molar-refractivity contribution is 6.29. The van der Waals surface area contributed by atoms with Gasteiger partial charge in [0.2, 0.25) is 12.4 Å². The van der Waals surface area contributed by atoms with Crippen molar-refractivity contribution < 1.29 is 26.3 Å². The first-order valence-corrected chi connectivity index (χ1v) is 15.8. The van der Waals surface area contributed by atoms with Crippen molar-refractivity contribution in [3.05, 3.63) is 143 Å². The molecule has 0 saturated carbocycles. The average molecular weight is 695 g/mol. The summed E-state index contributed by atoms with van der Waals surface area (Å²) in [5.41, 5.74) is 1.54. The Hall–Kier alpha value is -6.78. The Morgan fingerprint density at radius 3 is 1.46 bits per heavy atom. The van der Waals surface area contributed by atoms with E-state index >= 15 is 0 Å². The van der Waals surface area contributed by atoms with E-state index in [4.69, 9.17) is 0 Å². The van der Waals surface area contributed by atoms with Crippen LogP contribution in [-0.4, -0.2) is 0 Å². The lowest BCUT2D eigenvalue weighted by atomic mass is 9.94. The number of nitriles is 2. The Morgan fingerprint density at radius 1 is 0.404 bits per heavy atom. The third-order valence-corrected chi connectivity index (χ3v) is 9.36. The molecule has 10 heteroatoms. The fourth-order valence-electron chi connectivity index (χ4n) is 7.16. The maximum Gasteiger partial charge on any atom is 0.416 e. The summed E-state index contributed by atoms with van der Waals surface area (Å²) in [4.78, 5) is 8.49. The van der Waals surface area contributed by atoms with Gasteiger partial charge in [0.15, 0.2) is 0 Å². The van der Waals surface area contributed by atoms with Crippen LogP contribution in [0, 0.1) is 22.9 Å². The molecule has 0 aliphatic carbocycles. The highest BCUT2D eigenvalue weighted by Gasteiger charge is 2.31. The molecule has 0 unspecified atom stereocenters. The zero-order chi connectivity index (χ0) is 36.4. The standard InChI is InChI=1S/C42H20F6N4/c43-41(44,45)28-10-4-8-24(16-28)26-12-14-30-32-20-35-37(36(23-6-2-1-3-7-23)38(32)40(52-22-50)33(30)18-26)31-15-13-27(19-34(31)39(35)51-21-49)25-9-5-11-29(17-25)42(46,47)48/h1-20H. The average Bonchev–Trinajstić information content (AvgIpc) is 3.62. The molecule has 8 aromatic carbocycles. The third-order valence-electron chi connectivity index (χ3n) is 9.36. The summed E-state index contributed by atoms with van der Waals surface area (Å²) in [7, 11) is 0. The first-order chi connectivity index (χ1) is 25.0. The van der Waals surface area contributed by atoms with Crippen LogP contribution in [0.2, 0.25) is 0 Å². The highest BCUT2D eigenvalue weighted by atomic mass is 19.4. The number of rotatable bonds is 3. The Balaban J connectivity index is 1.49. The van der Waals surface area contributed by atoms with Crippen LogP contribution in [0.1, 0.15) is 11.1 Å². The predicted octanol–water partition coefficient (Wildman–Crippen LogP) is 11.0. The molecule has 0 atom stereocenters. The number of halogens is 6. The fraction of sp³-hybridized carbons (Fsp3) is 0.0476. The molecular weight excluding hydrogens is 674 g/mol. The van der Waals surface area contributed by atoms with E-state index in [1.165, 1.54) is 12.1 Å². The molecule has 0 heterocycles. The van der Waals surface area contributed by atoms with Gasteiger partial charge in [-0.25, -0.2) is 0 Å². The monoisotopic (exact) mass is 694 g/mol. The minimum atomic E-state index is -4.53. The van der Waals surface area contributed by atoms with Gasteiger partial charge in [0, 0.05) is 32.5 Å². The van der Waals surface area contributed by atoms with Gasteiger partial charge in [-0.3, -0.25) is 0 Å². The first-order valence-electron chi connectivity index (χ1n) is 15.8. The Morgan fingerprint density at radius 2 is 0.904 bits per heavy atom. The smallest absolute Gasteiger partial charge is 0.172 e. The molecule has 0 aliphatic heterocycles. The SMILES string of the molecule is N#CN=c1c2cc(-c3cccc(C(F)(F)F)c3)ccc2c2c(-c3ccccc3)c3c(=NC#N)c4cc(-c5cccc(C(F)(F)F)c5)ccc4c3cc12. The molecule has 52 heavy (non-hydrogen) atoms. The minimum absolute atomic E-state index is 0.328. The summed E-state index contributed by atoms with van der Waals surface area (Å²) in [5.74, 6) is 0. The van der Waals surface area contributed by atoms with Gasteiger partial charge in [0.25, 0.3) is 0 Å². The van der Waals surface area contributed by atoms with Gasteiger partial charge in [-0.2, -0.15) is 46.9 Å². The summed E-state index contributed by atoms with van der Waals surface area (Å²) < 4.78 is 81.6. The molecule has 0 saturated heterocycles. The second-order valence-corrected chi connectivity index (χ2v) is 12.3. The van der Waals surface area contributed by atoms with Crippen LogP contribution < -0.4 is 10.7 Å². The maximum atomic E-state index is 13.6. The Bertz CT molecular complexity index is 2890. The molecule has 0 fully saturated rings. The number of alkyl halides is 6. The topological polar surface area (TPSA) is 72.3 Å². The van der Waals surface area contributed by atoms with Crippen LogP contribution in [0.5, 0.6) is 0 Å². The summed E-state index contributed by atoms with van der Waals surface area (Å²) >= 11 is 0. The van der Waals surface area contributed by atoms with Gasteiger partial charge in [-0.05, 0) is 86.4 Å². The van der Waals surface area contributed by atoms with Crippen LogP contribution >= 0.6 is 0 Å². The largest absolute Gasteiger partial charge is 0.416 e. The van der Waals surface area contributed by atoms with E-state index in [0.717, 1.165) is 29.8 Å². The molecule has 250 valence electrons. The highest BCUT2D eigenvalue weighted by Crippen LogP contribution is 2.43. The normalized spacial score (nSPS) is 13.0. The Labute approximate surface area is 290 Å². The summed E-state index contributed by atoms with van der Waals surface area (Å²) in [5, 5.41) is 25.5. The molecule has 0 amide bonds. The lowest BCUT2D eigenvalue weighted by Crippen LogP contribution is -2.04. The van der Waals surface area contributed by atoms with Crippen LogP contribution in [0.3, 0.4) is 0 Å². The van der Waals surface area contributed by atoms with Crippen LogP contribution in [0.25, 0.3) is 76.5 Å². The lowest BCUT2D eigenvalue weighted by molar-refractivity contribution is -0.138. The van der Waals surface area contributed by atoms with E-state index in [2.05, 4.69) is 9.98 Å². The number of hydrogen-bond donors (Lipinski definition) is 0. The molecule has 8 rings (SSSR count). The third kappa shape index (κ3) is 5.24. The molecule has 0 N–H and O–H groups in total. The molecule has 0 aromatic heterocycles. The molecular formula is C42H20F6N4. The summed E-state index contributed by atoms with van der Waals surface area (Å²) in [6.45, 7) is 0. The minimum Gasteiger partial charge on any atom is -0.172 e. The number of fused-ring (bicyclic) bond motifs is 6. The van der Waals surface area contributed by atoms with E-state index in [1.54, 1.807) is 48.5 Å². The zero-order valence-electron chi connectivity index (χ0n) is 26.6. The van der Waals surface area contributed by atoms with Gasteiger partial charge in [0.1, 0.15) is 0 Å². The quantitative estimate of drug-likeness (QED) is 0.136. The van der Waals surface area contributed by atoms with E-state index in [0.29, 0.717) is 81.6 Å². The summed E-state index contributed by atoms with van der Waals surface area (Å²) in [6.07, 6.45) is -5.27. The summed E-state index contributed by atoms with van der Waals surface area (Å²) in [6, 6.07) is 31.7. The Kier molecular flexibility index (Phi) is 7.44. The number of hydrogen-bond acceptors (Lipinski definition) is 4. The maximum absolute atomic E-state index is 13.6. The van der Waals surface area contributed by atoms with Crippen LogP contribution in [0.15, 0.2) is 131 Å². The van der Waals surface area contributed by atoms with Crippen molar-refractivity contribution in [1.29, 1.82) is 10.5 Å². The van der Waals surface area contributed by atoms with Crippen molar-refractivity contribution in [2.75, 3.05) is 0 Å². The van der Waals surface area contributed by atoms with Gasteiger partial charge >= 0.3 is 12.4 Å². The van der Waals surface area contributed by atoms with Gasteiger partial charge in [-0.15, -0.1) is 0 Å². The lowest BCUT2D eigenvalue weighted by Gasteiger charge is -2.10. The fourth-order valence-corrected chi connectivity index (χ4v) is 7.16. The predicted molar refractivity (Wildman–Crippen MR) is 188 cm³/mol. The van der Waals surface area contributed by atoms with Crippen molar-refractivity contribution in [1.82, 2.24) is 0 Å². The van der Waals surface area contributed by atoms with Crippen molar-refractivity contribution in [3.8, 4) is 45.8 Å². The van der Waals surface area contributed by atoms with Crippen LogP contribution in [0.4, 0.5) is 26.3 Å². The van der Waals surface area contributed by atoms with Gasteiger partial charge in [-0.1, -0.05) is 78.9 Å². The molecule has 8 aromatic rings. The molecule has 0 aliphatic rings. The second-order valence-electron chi connectivity index (χ2n) is 12.3. The number of benzene rings is 6. The van der Waals surface area contributed by atoms with Gasteiger partial charge < -0.3 is 0 Å². The van der Waals surface area contributed by atoms with Crippen molar-refractivity contribution in [2.24, 2.45) is 9.98 Å². The van der Waals surface area contributed by atoms with E-state index < -0.39 is 23.5 Å². The first kappa shape index (κ1) is 32.4. The van der Waals surface area contributed by atoms with E-state index in [1.807, 2.05) is 48.8 Å². The molecule has 0 bridgehead atoms. The van der Waals surface area contributed by atoms with Gasteiger partial charge in [0.05, 0.1) is 21.8 Å². The second kappa shape index (κ2) is 11.9.